The summed E-state index contributed by atoms with van der Waals surface area (Å²) in [6.45, 7) is 1.16. The number of fused-ring (bicyclic) bond motifs is 1. The largest absolute Gasteiger partial charge is 0.334 e. The van der Waals surface area contributed by atoms with Crippen LogP contribution in [0, 0.1) is 0 Å². The molecule has 1 amide bonds. The van der Waals surface area contributed by atoms with Crippen LogP contribution in [0.5, 0.6) is 0 Å². The highest BCUT2D eigenvalue weighted by atomic mass is 35.5. The van der Waals surface area contributed by atoms with Crippen molar-refractivity contribution in [3.8, 4) is 0 Å². The minimum absolute atomic E-state index is 0.158. The molecule has 0 atom stereocenters. The van der Waals surface area contributed by atoms with E-state index in [9.17, 15) is 13.2 Å². The van der Waals surface area contributed by atoms with Crippen LogP contribution in [0.3, 0.4) is 0 Å². The maximum Gasteiger partial charge on any atom is 0.264 e. The Morgan fingerprint density at radius 1 is 0.967 bits per heavy atom. The normalized spacial score (nSPS) is 13.6. The second-order valence-electron chi connectivity index (χ2n) is 7.20. The lowest BCUT2D eigenvalue weighted by molar-refractivity contribution is 0.0735. The Kier molecular flexibility index (Phi) is 5.54. The van der Waals surface area contributed by atoms with Crippen LogP contribution in [0.4, 0.5) is 5.69 Å². The molecular weight excluding hydrogens is 420 g/mol. The van der Waals surface area contributed by atoms with Crippen LogP contribution in [-0.2, 0) is 23.0 Å². The second kappa shape index (κ2) is 8.13. The van der Waals surface area contributed by atoms with Crippen molar-refractivity contribution >= 4 is 33.2 Å². The topological polar surface area (TPSA) is 57.7 Å². The highest BCUT2D eigenvalue weighted by Crippen LogP contribution is 2.29. The van der Waals surface area contributed by atoms with E-state index in [4.69, 9.17) is 11.6 Å². The third-order valence-corrected chi connectivity index (χ3v) is 7.48. The molecule has 0 radical (unpaired) electrons. The van der Waals surface area contributed by atoms with Crippen LogP contribution in [0.2, 0.25) is 5.02 Å². The Morgan fingerprint density at radius 3 is 2.33 bits per heavy atom. The van der Waals surface area contributed by atoms with E-state index in [1.165, 1.54) is 23.0 Å². The molecule has 30 heavy (non-hydrogen) atoms. The molecule has 0 saturated carbocycles. The third kappa shape index (κ3) is 3.80. The van der Waals surface area contributed by atoms with E-state index in [1.54, 1.807) is 47.4 Å². The molecule has 0 aliphatic carbocycles. The van der Waals surface area contributed by atoms with E-state index in [0.717, 1.165) is 12.0 Å². The molecule has 5 nitrogen and oxygen atoms in total. The van der Waals surface area contributed by atoms with Crippen molar-refractivity contribution in [2.24, 2.45) is 0 Å². The summed E-state index contributed by atoms with van der Waals surface area (Å²) in [5.74, 6) is -0.158. The third-order valence-electron chi connectivity index (χ3n) is 5.37. The monoisotopic (exact) mass is 440 g/mol. The number of hydrogen-bond donors (Lipinski definition) is 0. The van der Waals surface area contributed by atoms with Crippen LogP contribution < -0.4 is 4.31 Å². The summed E-state index contributed by atoms with van der Waals surface area (Å²) in [7, 11) is -2.25. The lowest BCUT2D eigenvalue weighted by Gasteiger charge is -2.29. The summed E-state index contributed by atoms with van der Waals surface area (Å²) >= 11 is 6.41. The highest BCUT2D eigenvalue weighted by molar-refractivity contribution is 7.92. The van der Waals surface area contributed by atoms with Gasteiger partial charge in [0, 0.05) is 20.1 Å². The molecule has 0 aromatic heterocycles. The molecule has 4 rings (SSSR count). The van der Waals surface area contributed by atoms with Gasteiger partial charge in [-0.1, -0.05) is 54.1 Å². The quantitative estimate of drug-likeness (QED) is 0.605. The zero-order valence-electron chi connectivity index (χ0n) is 16.5. The predicted octanol–water partition coefficient (Wildman–Crippen LogP) is 4.36. The lowest BCUT2D eigenvalue weighted by atomic mass is 9.99. The van der Waals surface area contributed by atoms with Crippen molar-refractivity contribution in [2.45, 2.75) is 17.9 Å². The standard InChI is InChI=1S/C23H21ClN2O3S/c1-25(30(28,29)20-9-3-2-4-10-20)19-11-12-21(22(24)15-19)23(27)26-14-13-17-7-5-6-8-18(17)16-26/h2-12,15H,13-14,16H2,1H3. The van der Waals surface area contributed by atoms with Crippen LogP contribution >= 0.6 is 11.6 Å². The Morgan fingerprint density at radius 2 is 1.63 bits per heavy atom. The molecule has 1 heterocycles. The summed E-state index contributed by atoms with van der Waals surface area (Å²) in [5.41, 5.74) is 3.16. The number of nitrogens with zero attached hydrogens (tertiary/aromatic N) is 2. The fourth-order valence-corrected chi connectivity index (χ4v) is 5.07. The van der Waals surface area contributed by atoms with E-state index in [0.29, 0.717) is 24.3 Å². The van der Waals surface area contributed by atoms with Gasteiger partial charge < -0.3 is 4.90 Å². The maximum atomic E-state index is 13.0. The summed E-state index contributed by atoms with van der Waals surface area (Å²) in [5, 5.41) is 0.228. The van der Waals surface area contributed by atoms with Crippen LogP contribution in [0.25, 0.3) is 0 Å². The summed E-state index contributed by atoms with van der Waals surface area (Å²) in [6, 6.07) is 21.0. The average Bonchev–Trinajstić information content (AvgIpc) is 2.78. The molecule has 0 fully saturated rings. The van der Waals surface area contributed by atoms with Crippen molar-refractivity contribution in [1.82, 2.24) is 4.90 Å². The smallest absolute Gasteiger partial charge is 0.264 e. The van der Waals surface area contributed by atoms with E-state index in [-0.39, 0.29) is 15.8 Å². The Labute approximate surface area is 181 Å². The van der Waals surface area contributed by atoms with Crippen molar-refractivity contribution in [3.63, 3.8) is 0 Å². The summed E-state index contributed by atoms with van der Waals surface area (Å²) in [4.78, 5) is 15.0. The molecular formula is C23H21ClN2O3S. The molecule has 7 heteroatoms. The SMILES string of the molecule is CN(c1ccc(C(=O)N2CCc3ccccc3C2)c(Cl)c1)S(=O)(=O)c1ccccc1. The minimum atomic E-state index is -3.72. The van der Waals surface area contributed by atoms with Crippen molar-refractivity contribution in [2.75, 3.05) is 17.9 Å². The number of sulfonamides is 1. The second-order valence-corrected chi connectivity index (χ2v) is 9.57. The number of amides is 1. The van der Waals surface area contributed by atoms with Crippen molar-refractivity contribution < 1.29 is 13.2 Å². The molecule has 0 spiro atoms. The predicted molar refractivity (Wildman–Crippen MR) is 118 cm³/mol. The maximum absolute atomic E-state index is 13.0. The molecule has 0 bridgehead atoms. The lowest BCUT2D eigenvalue weighted by Crippen LogP contribution is -2.36. The van der Waals surface area contributed by atoms with Gasteiger partial charge in [-0.05, 0) is 47.9 Å². The summed E-state index contributed by atoms with van der Waals surface area (Å²) in [6.07, 6.45) is 0.801. The Bertz CT molecular complexity index is 1200. The summed E-state index contributed by atoms with van der Waals surface area (Å²) < 4.78 is 26.8. The van der Waals surface area contributed by atoms with Gasteiger partial charge in [-0.3, -0.25) is 9.10 Å². The number of rotatable bonds is 4. The van der Waals surface area contributed by atoms with Gasteiger partial charge in [-0.15, -0.1) is 0 Å². The van der Waals surface area contributed by atoms with E-state index < -0.39 is 10.0 Å². The number of anilines is 1. The zero-order chi connectivity index (χ0) is 21.3. The fraction of sp³-hybridized carbons (Fsp3) is 0.174. The fourth-order valence-electron chi connectivity index (χ4n) is 3.60. The van der Waals surface area contributed by atoms with Crippen molar-refractivity contribution in [1.29, 1.82) is 0 Å². The van der Waals surface area contributed by atoms with Crippen LogP contribution in [-0.4, -0.2) is 32.8 Å². The number of halogens is 1. The van der Waals surface area contributed by atoms with Gasteiger partial charge in [0.25, 0.3) is 15.9 Å². The first-order valence-electron chi connectivity index (χ1n) is 9.57. The van der Waals surface area contributed by atoms with Crippen molar-refractivity contribution in [3.05, 3.63) is 94.5 Å². The van der Waals surface area contributed by atoms with E-state index >= 15 is 0 Å². The van der Waals surface area contributed by atoms with Gasteiger partial charge in [0.05, 0.1) is 21.2 Å². The first kappa shape index (κ1) is 20.4. The van der Waals surface area contributed by atoms with Gasteiger partial charge in [-0.2, -0.15) is 0 Å². The first-order chi connectivity index (χ1) is 14.4. The first-order valence-corrected chi connectivity index (χ1v) is 11.4. The zero-order valence-corrected chi connectivity index (χ0v) is 18.0. The molecule has 1 aliphatic heterocycles. The van der Waals surface area contributed by atoms with Gasteiger partial charge in [0.2, 0.25) is 0 Å². The molecule has 3 aromatic rings. The van der Waals surface area contributed by atoms with E-state index in [2.05, 4.69) is 6.07 Å². The molecule has 0 saturated heterocycles. The van der Waals surface area contributed by atoms with E-state index in [1.807, 2.05) is 18.2 Å². The minimum Gasteiger partial charge on any atom is -0.334 e. The molecule has 154 valence electrons. The van der Waals surface area contributed by atoms with Gasteiger partial charge in [0.1, 0.15) is 0 Å². The molecule has 0 unspecified atom stereocenters. The van der Waals surface area contributed by atoms with Crippen LogP contribution in [0.1, 0.15) is 21.5 Å². The number of benzene rings is 3. The van der Waals surface area contributed by atoms with Gasteiger partial charge in [0.15, 0.2) is 0 Å². The van der Waals surface area contributed by atoms with Gasteiger partial charge >= 0.3 is 0 Å². The Hall–Kier alpha value is -2.83. The van der Waals surface area contributed by atoms with Crippen LogP contribution in [0.15, 0.2) is 77.7 Å². The molecule has 1 aliphatic rings. The van der Waals surface area contributed by atoms with Gasteiger partial charge in [-0.25, -0.2) is 8.42 Å². The highest BCUT2D eigenvalue weighted by Gasteiger charge is 2.25. The molecule has 3 aromatic carbocycles. The molecule has 0 N–H and O–H groups in total. The average molecular weight is 441 g/mol. The Balaban J connectivity index is 1.57. The number of carbonyl (C=O) groups is 1. The number of hydrogen-bond acceptors (Lipinski definition) is 3. The number of carbonyl (C=O) groups excluding carboxylic acids is 1.